The Balaban J connectivity index is 1.62. The van der Waals surface area contributed by atoms with Gasteiger partial charge in [0, 0.05) is 11.6 Å². The number of nitrogens with zero attached hydrogens (tertiary/aromatic N) is 1. The second kappa shape index (κ2) is 8.34. The number of furan rings is 1. The Morgan fingerprint density at radius 3 is 2.61 bits per heavy atom. The van der Waals surface area contributed by atoms with Gasteiger partial charge in [-0.1, -0.05) is 41.6 Å². The molecule has 1 aliphatic rings. The molecule has 1 amide bonds. The molecular weight excluding hydrogens is 454 g/mol. The quantitative estimate of drug-likeness (QED) is 0.356. The number of benzene rings is 2. The molecule has 2 heterocycles. The summed E-state index contributed by atoms with van der Waals surface area (Å²) in [5, 5.41) is 9.41. The van der Waals surface area contributed by atoms with Gasteiger partial charge in [0.15, 0.2) is 4.32 Å². The third-order valence-corrected chi connectivity index (χ3v) is 6.56. The van der Waals surface area contributed by atoms with Crippen molar-refractivity contribution in [2.45, 2.75) is 13.8 Å². The van der Waals surface area contributed by atoms with E-state index in [1.807, 2.05) is 32.0 Å². The van der Waals surface area contributed by atoms with Crippen LogP contribution in [0, 0.1) is 13.8 Å². The number of aromatic carboxylic acids is 1. The van der Waals surface area contributed by atoms with Crippen LogP contribution >= 0.6 is 35.6 Å². The first-order valence-corrected chi connectivity index (χ1v) is 10.8. The van der Waals surface area contributed by atoms with Crippen molar-refractivity contribution in [2.75, 3.05) is 4.90 Å². The molecule has 2 aromatic carbocycles. The zero-order valence-corrected chi connectivity index (χ0v) is 18.9. The van der Waals surface area contributed by atoms with Gasteiger partial charge in [-0.3, -0.25) is 9.69 Å². The minimum Gasteiger partial charge on any atom is -0.478 e. The van der Waals surface area contributed by atoms with E-state index in [-0.39, 0.29) is 16.5 Å². The number of thioether (sulfide) groups is 1. The summed E-state index contributed by atoms with van der Waals surface area (Å²) in [4.78, 5) is 26.3. The lowest BCUT2D eigenvalue weighted by Gasteiger charge is -2.15. The third kappa shape index (κ3) is 4.17. The molecule has 0 aliphatic carbocycles. The van der Waals surface area contributed by atoms with Gasteiger partial charge < -0.3 is 9.52 Å². The Kier molecular flexibility index (Phi) is 5.75. The third-order valence-electron chi connectivity index (χ3n) is 4.92. The smallest absolute Gasteiger partial charge is 0.337 e. The summed E-state index contributed by atoms with van der Waals surface area (Å²) in [5.41, 5.74) is 3.52. The van der Waals surface area contributed by atoms with Crippen LogP contribution in [-0.4, -0.2) is 21.3 Å². The van der Waals surface area contributed by atoms with Crippen LogP contribution in [0.25, 0.3) is 17.4 Å². The summed E-state index contributed by atoms with van der Waals surface area (Å²) >= 11 is 12.6. The molecule has 1 aliphatic heterocycles. The summed E-state index contributed by atoms with van der Waals surface area (Å²) in [7, 11) is 0. The molecule has 0 saturated carbocycles. The largest absolute Gasteiger partial charge is 0.478 e. The Morgan fingerprint density at radius 1 is 1.13 bits per heavy atom. The van der Waals surface area contributed by atoms with E-state index < -0.39 is 5.97 Å². The van der Waals surface area contributed by atoms with E-state index in [0.717, 1.165) is 16.8 Å². The number of halogens is 1. The van der Waals surface area contributed by atoms with E-state index >= 15 is 0 Å². The first-order valence-electron chi connectivity index (χ1n) is 9.23. The first-order chi connectivity index (χ1) is 14.7. The average molecular weight is 470 g/mol. The number of aryl methyl sites for hydroxylation is 2. The van der Waals surface area contributed by atoms with E-state index in [2.05, 4.69) is 0 Å². The average Bonchev–Trinajstić information content (AvgIpc) is 3.29. The number of hydrogen-bond acceptors (Lipinski definition) is 5. The SMILES string of the molecule is Cc1ccc(N2C(=O)/C(=C\c3ccc(-c4ccc(Cl)c(C(=O)O)c4)o3)SC2=S)cc1C. The Hall–Kier alpha value is -2.87. The van der Waals surface area contributed by atoms with Gasteiger partial charge in [0.1, 0.15) is 11.5 Å². The normalized spacial score (nSPS) is 15.2. The van der Waals surface area contributed by atoms with E-state index in [1.165, 1.54) is 28.8 Å². The van der Waals surface area contributed by atoms with E-state index in [0.29, 0.717) is 26.3 Å². The number of thiocarbonyl (C=S) groups is 1. The van der Waals surface area contributed by atoms with Crippen LogP contribution in [-0.2, 0) is 4.79 Å². The molecule has 1 aromatic heterocycles. The van der Waals surface area contributed by atoms with Gasteiger partial charge in [-0.25, -0.2) is 4.79 Å². The summed E-state index contributed by atoms with van der Waals surface area (Å²) in [6, 6.07) is 13.8. The second-order valence-electron chi connectivity index (χ2n) is 6.99. The first kappa shape index (κ1) is 21.4. The summed E-state index contributed by atoms with van der Waals surface area (Å²) in [5.74, 6) is -0.401. The summed E-state index contributed by atoms with van der Waals surface area (Å²) in [6.45, 7) is 4.00. The number of carbonyl (C=O) groups is 2. The fourth-order valence-corrected chi connectivity index (χ4v) is 4.59. The molecule has 0 unspecified atom stereocenters. The number of carboxylic acids is 1. The lowest BCUT2D eigenvalue weighted by molar-refractivity contribution is -0.113. The lowest BCUT2D eigenvalue weighted by Crippen LogP contribution is -2.27. The van der Waals surface area contributed by atoms with Gasteiger partial charge in [0.05, 0.1) is 21.2 Å². The van der Waals surface area contributed by atoms with Crippen molar-refractivity contribution in [3.63, 3.8) is 0 Å². The highest BCUT2D eigenvalue weighted by atomic mass is 35.5. The molecule has 3 aromatic rings. The number of hydrogen-bond donors (Lipinski definition) is 1. The van der Waals surface area contributed by atoms with Crippen LogP contribution in [0.4, 0.5) is 5.69 Å². The fraction of sp³-hybridized carbons (Fsp3) is 0.0870. The van der Waals surface area contributed by atoms with Gasteiger partial charge in [0.25, 0.3) is 5.91 Å². The number of anilines is 1. The zero-order valence-electron chi connectivity index (χ0n) is 16.5. The highest BCUT2D eigenvalue weighted by molar-refractivity contribution is 8.27. The van der Waals surface area contributed by atoms with Crippen molar-refractivity contribution < 1.29 is 19.1 Å². The highest BCUT2D eigenvalue weighted by Gasteiger charge is 2.33. The molecule has 0 radical (unpaired) electrons. The maximum absolute atomic E-state index is 13.0. The molecule has 156 valence electrons. The maximum atomic E-state index is 13.0. The topological polar surface area (TPSA) is 70.8 Å². The summed E-state index contributed by atoms with van der Waals surface area (Å²) in [6.07, 6.45) is 1.64. The van der Waals surface area contributed by atoms with Crippen LogP contribution in [0.5, 0.6) is 0 Å². The Morgan fingerprint density at radius 2 is 1.90 bits per heavy atom. The Labute approximate surface area is 193 Å². The minimum absolute atomic E-state index is 0.00798. The van der Waals surface area contributed by atoms with Crippen molar-refractivity contribution in [2.24, 2.45) is 0 Å². The van der Waals surface area contributed by atoms with Gasteiger partial charge in [-0.15, -0.1) is 0 Å². The van der Waals surface area contributed by atoms with Crippen LogP contribution in [0.15, 0.2) is 57.9 Å². The van der Waals surface area contributed by atoms with Gasteiger partial charge in [-0.05, 0) is 67.4 Å². The van der Waals surface area contributed by atoms with Crippen molar-refractivity contribution >= 4 is 63.5 Å². The molecule has 0 atom stereocenters. The number of rotatable bonds is 4. The van der Waals surface area contributed by atoms with Crippen LogP contribution in [0.1, 0.15) is 27.2 Å². The second-order valence-corrected chi connectivity index (χ2v) is 9.07. The van der Waals surface area contributed by atoms with Gasteiger partial charge in [-0.2, -0.15) is 0 Å². The molecular formula is C23H16ClNO4S2. The molecule has 0 spiro atoms. The van der Waals surface area contributed by atoms with E-state index in [1.54, 1.807) is 24.3 Å². The molecule has 31 heavy (non-hydrogen) atoms. The highest BCUT2D eigenvalue weighted by Crippen LogP contribution is 2.37. The summed E-state index contributed by atoms with van der Waals surface area (Å²) < 4.78 is 6.28. The van der Waals surface area contributed by atoms with Gasteiger partial charge in [0.2, 0.25) is 0 Å². The van der Waals surface area contributed by atoms with Crippen LogP contribution in [0.3, 0.4) is 0 Å². The van der Waals surface area contributed by atoms with E-state index in [9.17, 15) is 14.7 Å². The van der Waals surface area contributed by atoms with Crippen LogP contribution < -0.4 is 4.90 Å². The van der Waals surface area contributed by atoms with Crippen molar-refractivity contribution in [1.29, 1.82) is 0 Å². The Bertz CT molecular complexity index is 1280. The minimum atomic E-state index is -1.12. The number of amides is 1. The van der Waals surface area contributed by atoms with Crippen molar-refractivity contribution in [1.82, 2.24) is 0 Å². The molecule has 1 fully saturated rings. The predicted molar refractivity (Wildman–Crippen MR) is 128 cm³/mol. The number of carbonyl (C=O) groups excluding carboxylic acids is 1. The molecule has 1 N–H and O–H groups in total. The zero-order chi connectivity index (χ0) is 22.3. The molecule has 1 saturated heterocycles. The maximum Gasteiger partial charge on any atom is 0.337 e. The molecule has 4 rings (SSSR count). The fourth-order valence-electron chi connectivity index (χ4n) is 3.11. The molecule has 0 bridgehead atoms. The number of carboxylic acid groups (broad SMARTS) is 1. The molecule has 5 nitrogen and oxygen atoms in total. The monoisotopic (exact) mass is 469 g/mol. The van der Waals surface area contributed by atoms with E-state index in [4.69, 9.17) is 28.2 Å². The predicted octanol–water partition coefficient (Wildman–Crippen LogP) is 6.32. The lowest BCUT2D eigenvalue weighted by atomic mass is 10.1. The van der Waals surface area contributed by atoms with Crippen molar-refractivity contribution in [3.05, 3.63) is 80.9 Å². The van der Waals surface area contributed by atoms with Crippen molar-refractivity contribution in [3.8, 4) is 11.3 Å². The van der Waals surface area contributed by atoms with Crippen LogP contribution in [0.2, 0.25) is 5.02 Å². The van der Waals surface area contributed by atoms with Gasteiger partial charge >= 0.3 is 5.97 Å². The molecule has 8 heteroatoms. The standard InChI is InChI=1S/C23H16ClNO4S2/c1-12-3-5-15(9-13(12)2)25-21(26)20(31-23(25)30)11-16-6-8-19(29-16)14-4-7-18(24)17(10-14)22(27)28/h3-11H,1-2H3,(H,27,28)/b20-11+.